The SMILES string of the molecule is CCC/C=C/CCBr. The van der Waals surface area contributed by atoms with Gasteiger partial charge in [-0.25, -0.2) is 0 Å². The van der Waals surface area contributed by atoms with Gasteiger partial charge in [0.15, 0.2) is 0 Å². The lowest BCUT2D eigenvalue weighted by Gasteiger charge is -1.82. The Morgan fingerprint density at radius 1 is 1.25 bits per heavy atom. The molecule has 0 aliphatic carbocycles. The zero-order chi connectivity index (χ0) is 6.24. The molecule has 0 amide bonds. The summed E-state index contributed by atoms with van der Waals surface area (Å²) in [7, 11) is 0. The van der Waals surface area contributed by atoms with E-state index in [9.17, 15) is 0 Å². The van der Waals surface area contributed by atoms with Crippen molar-refractivity contribution in [2.75, 3.05) is 5.33 Å². The molecule has 0 N–H and O–H groups in total. The molecule has 0 aromatic heterocycles. The Morgan fingerprint density at radius 3 is 2.38 bits per heavy atom. The van der Waals surface area contributed by atoms with Crippen LogP contribution < -0.4 is 0 Å². The van der Waals surface area contributed by atoms with Gasteiger partial charge in [0.1, 0.15) is 0 Å². The van der Waals surface area contributed by atoms with Crippen LogP contribution in [0.2, 0.25) is 0 Å². The molecular weight excluding hydrogens is 164 g/mol. The molecule has 0 radical (unpaired) electrons. The van der Waals surface area contributed by atoms with E-state index in [-0.39, 0.29) is 0 Å². The fraction of sp³-hybridized carbons (Fsp3) is 0.714. The first-order valence-electron chi connectivity index (χ1n) is 3.12. The maximum absolute atomic E-state index is 3.35. The van der Waals surface area contributed by atoms with E-state index in [0.717, 1.165) is 5.33 Å². The van der Waals surface area contributed by atoms with Crippen LogP contribution in [0.3, 0.4) is 0 Å². The van der Waals surface area contributed by atoms with E-state index in [1.807, 2.05) is 0 Å². The fourth-order valence-corrected chi connectivity index (χ4v) is 0.730. The van der Waals surface area contributed by atoms with Gasteiger partial charge in [-0.1, -0.05) is 41.4 Å². The third-order valence-corrected chi connectivity index (χ3v) is 1.36. The van der Waals surface area contributed by atoms with Crippen LogP contribution in [0.15, 0.2) is 12.2 Å². The molecule has 0 heterocycles. The summed E-state index contributed by atoms with van der Waals surface area (Å²) in [5.74, 6) is 0. The summed E-state index contributed by atoms with van der Waals surface area (Å²) in [5, 5.41) is 1.09. The van der Waals surface area contributed by atoms with E-state index in [1.165, 1.54) is 19.3 Å². The van der Waals surface area contributed by atoms with Crippen LogP contribution >= 0.6 is 15.9 Å². The predicted octanol–water partition coefficient (Wildman–Crippen LogP) is 3.13. The number of hydrogen-bond donors (Lipinski definition) is 0. The van der Waals surface area contributed by atoms with Gasteiger partial charge >= 0.3 is 0 Å². The first kappa shape index (κ1) is 8.22. The summed E-state index contributed by atoms with van der Waals surface area (Å²) in [6.07, 6.45) is 8.12. The lowest BCUT2D eigenvalue weighted by Crippen LogP contribution is -1.65. The average Bonchev–Trinajstić information content (AvgIpc) is 1.81. The molecule has 0 saturated carbocycles. The van der Waals surface area contributed by atoms with Crippen molar-refractivity contribution in [1.82, 2.24) is 0 Å². The molecule has 0 bridgehead atoms. The average molecular weight is 177 g/mol. The summed E-state index contributed by atoms with van der Waals surface area (Å²) in [6, 6.07) is 0. The number of allylic oxidation sites excluding steroid dienone is 2. The fourth-order valence-electron chi connectivity index (χ4n) is 0.465. The normalized spacial score (nSPS) is 10.8. The van der Waals surface area contributed by atoms with Gasteiger partial charge in [0.05, 0.1) is 0 Å². The molecule has 0 aliphatic heterocycles. The molecule has 48 valence electrons. The van der Waals surface area contributed by atoms with Crippen molar-refractivity contribution in [3.63, 3.8) is 0 Å². The number of alkyl halides is 1. The quantitative estimate of drug-likeness (QED) is 0.457. The summed E-state index contributed by atoms with van der Waals surface area (Å²) in [6.45, 7) is 2.19. The van der Waals surface area contributed by atoms with E-state index in [4.69, 9.17) is 0 Å². The highest BCUT2D eigenvalue weighted by Crippen LogP contribution is 1.93. The Labute approximate surface area is 60.1 Å². The highest BCUT2D eigenvalue weighted by Gasteiger charge is 1.73. The first-order chi connectivity index (χ1) is 3.91. The van der Waals surface area contributed by atoms with Gasteiger partial charge in [0.25, 0.3) is 0 Å². The molecule has 0 fully saturated rings. The van der Waals surface area contributed by atoms with Gasteiger partial charge in [-0.3, -0.25) is 0 Å². The molecule has 0 unspecified atom stereocenters. The molecule has 8 heavy (non-hydrogen) atoms. The maximum Gasteiger partial charge on any atom is 0.00659 e. The van der Waals surface area contributed by atoms with Gasteiger partial charge in [-0.15, -0.1) is 0 Å². The van der Waals surface area contributed by atoms with Crippen LogP contribution in [0.4, 0.5) is 0 Å². The maximum atomic E-state index is 3.35. The van der Waals surface area contributed by atoms with Crippen LogP contribution in [0.25, 0.3) is 0 Å². The van der Waals surface area contributed by atoms with Crippen LogP contribution in [0.5, 0.6) is 0 Å². The van der Waals surface area contributed by atoms with Gasteiger partial charge in [-0.2, -0.15) is 0 Å². The monoisotopic (exact) mass is 176 g/mol. The molecule has 1 heteroatoms. The van der Waals surface area contributed by atoms with Crippen LogP contribution in [0, 0.1) is 0 Å². The van der Waals surface area contributed by atoms with Crippen LogP contribution in [-0.4, -0.2) is 5.33 Å². The minimum Gasteiger partial charge on any atom is -0.0925 e. The van der Waals surface area contributed by atoms with Crippen molar-refractivity contribution >= 4 is 15.9 Å². The number of hydrogen-bond acceptors (Lipinski definition) is 0. The molecule has 0 aromatic carbocycles. The molecule has 0 atom stereocenters. The van der Waals surface area contributed by atoms with Crippen molar-refractivity contribution in [3.05, 3.63) is 12.2 Å². The molecule has 0 nitrogen and oxygen atoms in total. The topological polar surface area (TPSA) is 0 Å². The lowest BCUT2D eigenvalue weighted by molar-refractivity contribution is 0.952. The minimum atomic E-state index is 1.09. The van der Waals surface area contributed by atoms with Crippen molar-refractivity contribution in [3.8, 4) is 0 Å². The van der Waals surface area contributed by atoms with E-state index >= 15 is 0 Å². The zero-order valence-electron chi connectivity index (χ0n) is 5.36. The standard InChI is InChI=1S/C7H13Br/c1-2-3-4-5-6-7-8/h4-5H,2-3,6-7H2,1H3/b5-4+. The summed E-state index contributed by atoms with van der Waals surface area (Å²) < 4.78 is 0. The van der Waals surface area contributed by atoms with E-state index in [0.29, 0.717) is 0 Å². The van der Waals surface area contributed by atoms with Gasteiger partial charge in [0.2, 0.25) is 0 Å². The van der Waals surface area contributed by atoms with Crippen LogP contribution in [-0.2, 0) is 0 Å². The van der Waals surface area contributed by atoms with E-state index in [1.54, 1.807) is 0 Å². The Hall–Kier alpha value is 0.220. The first-order valence-corrected chi connectivity index (χ1v) is 4.25. The lowest BCUT2D eigenvalue weighted by atomic mass is 10.3. The van der Waals surface area contributed by atoms with Crippen molar-refractivity contribution < 1.29 is 0 Å². The Kier molecular flexibility index (Phi) is 7.42. The summed E-state index contributed by atoms with van der Waals surface area (Å²) in [5.41, 5.74) is 0. The van der Waals surface area contributed by atoms with Crippen molar-refractivity contribution in [2.24, 2.45) is 0 Å². The molecule has 0 saturated heterocycles. The largest absolute Gasteiger partial charge is 0.0925 e. The number of halogens is 1. The smallest absolute Gasteiger partial charge is 0.00659 e. The molecule has 0 aliphatic rings. The second kappa shape index (κ2) is 7.22. The summed E-state index contributed by atoms with van der Waals surface area (Å²) in [4.78, 5) is 0. The minimum absolute atomic E-state index is 1.09. The molecule has 0 aromatic rings. The molecule has 0 spiro atoms. The second-order valence-electron chi connectivity index (χ2n) is 1.74. The molecular formula is C7H13Br. The van der Waals surface area contributed by atoms with E-state index < -0.39 is 0 Å². The second-order valence-corrected chi connectivity index (χ2v) is 2.53. The number of unbranched alkanes of at least 4 members (excludes halogenated alkanes) is 1. The third-order valence-electron chi connectivity index (χ3n) is 0.898. The molecule has 0 rings (SSSR count). The van der Waals surface area contributed by atoms with Gasteiger partial charge in [0, 0.05) is 5.33 Å². The zero-order valence-corrected chi connectivity index (χ0v) is 6.95. The van der Waals surface area contributed by atoms with E-state index in [2.05, 4.69) is 35.0 Å². The Bertz CT molecular complexity index is 49.4. The Morgan fingerprint density at radius 2 is 1.88 bits per heavy atom. The highest BCUT2D eigenvalue weighted by atomic mass is 79.9. The van der Waals surface area contributed by atoms with Gasteiger partial charge in [-0.05, 0) is 12.8 Å². The third kappa shape index (κ3) is 6.22. The predicted molar refractivity (Wildman–Crippen MR) is 42.5 cm³/mol. The van der Waals surface area contributed by atoms with Crippen molar-refractivity contribution in [1.29, 1.82) is 0 Å². The van der Waals surface area contributed by atoms with Crippen LogP contribution in [0.1, 0.15) is 26.2 Å². The summed E-state index contributed by atoms with van der Waals surface area (Å²) >= 11 is 3.35. The number of rotatable bonds is 4. The van der Waals surface area contributed by atoms with Gasteiger partial charge < -0.3 is 0 Å². The highest BCUT2D eigenvalue weighted by molar-refractivity contribution is 9.09. The Balaban J connectivity index is 2.83. The van der Waals surface area contributed by atoms with Crippen molar-refractivity contribution in [2.45, 2.75) is 26.2 Å².